The van der Waals surface area contributed by atoms with Crippen LogP contribution in [0.25, 0.3) is 0 Å². The van der Waals surface area contributed by atoms with E-state index in [1.807, 2.05) is 26.8 Å². The van der Waals surface area contributed by atoms with Gasteiger partial charge in [-0.05, 0) is 46.2 Å². The summed E-state index contributed by atoms with van der Waals surface area (Å²) in [6, 6.07) is 2.04. The summed E-state index contributed by atoms with van der Waals surface area (Å²) < 4.78 is 27.8. The largest absolute Gasteiger partial charge is 0.312 e. The van der Waals surface area contributed by atoms with Crippen LogP contribution in [0, 0.1) is 6.92 Å². The molecule has 1 aliphatic heterocycles. The van der Waals surface area contributed by atoms with E-state index < -0.39 is 10.0 Å². The predicted molar refractivity (Wildman–Crippen MR) is 88.2 cm³/mol. The lowest BCUT2D eigenvalue weighted by Gasteiger charge is -2.37. The van der Waals surface area contributed by atoms with Crippen LogP contribution >= 0.6 is 11.3 Å². The highest BCUT2D eigenvalue weighted by atomic mass is 32.2. The van der Waals surface area contributed by atoms with Gasteiger partial charge in [-0.3, -0.25) is 0 Å². The van der Waals surface area contributed by atoms with Gasteiger partial charge in [0.1, 0.15) is 0 Å². The summed E-state index contributed by atoms with van der Waals surface area (Å²) in [5, 5.41) is 3.26. The second kappa shape index (κ2) is 6.77. The summed E-state index contributed by atoms with van der Waals surface area (Å²) >= 11 is 1.58. The molecule has 0 spiro atoms. The van der Waals surface area contributed by atoms with Gasteiger partial charge in [0.05, 0.1) is 4.90 Å². The first-order valence-electron chi connectivity index (χ1n) is 7.71. The van der Waals surface area contributed by atoms with Gasteiger partial charge in [0.25, 0.3) is 0 Å². The smallest absolute Gasteiger partial charge is 0.244 e. The van der Waals surface area contributed by atoms with Gasteiger partial charge in [-0.2, -0.15) is 4.31 Å². The normalized spacial score (nSPS) is 24.4. The Bertz CT molecular complexity index is 570. The van der Waals surface area contributed by atoms with Crippen LogP contribution in [0.2, 0.25) is 0 Å². The number of nitrogens with one attached hydrogen (secondary N) is 1. The molecule has 0 amide bonds. The van der Waals surface area contributed by atoms with Gasteiger partial charge in [0.2, 0.25) is 10.0 Å². The standard InChI is InChI=1S/C15H26N2O2S2/c1-5-16-10-14-9-15(13(4)20-14)21(18,19)17-11(2)7-6-8-12(17)3/h9,11-12,16H,5-8,10H2,1-4H3. The minimum Gasteiger partial charge on any atom is -0.312 e. The zero-order valence-electron chi connectivity index (χ0n) is 13.3. The van der Waals surface area contributed by atoms with E-state index in [0.717, 1.165) is 42.1 Å². The molecule has 4 nitrogen and oxygen atoms in total. The Labute approximate surface area is 132 Å². The molecule has 0 aliphatic carbocycles. The summed E-state index contributed by atoms with van der Waals surface area (Å²) in [4.78, 5) is 2.49. The number of piperidine rings is 1. The molecule has 1 aliphatic rings. The second-order valence-electron chi connectivity index (χ2n) is 5.88. The molecular formula is C15H26N2O2S2. The lowest BCUT2D eigenvalue weighted by molar-refractivity contribution is 0.204. The summed E-state index contributed by atoms with van der Waals surface area (Å²) in [5.41, 5.74) is 0. The number of sulfonamides is 1. The van der Waals surface area contributed by atoms with E-state index in [2.05, 4.69) is 12.2 Å². The zero-order valence-corrected chi connectivity index (χ0v) is 15.0. The van der Waals surface area contributed by atoms with E-state index in [9.17, 15) is 8.42 Å². The molecule has 1 fully saturated rings. The van der Waals surface area contributed by atoms with Crippen LogP contribution in [-0.4, -0.2) is 31.4 Å². The van der Waals surface area contributed by atoms with Crippen molar-refractivity contribution in [1.82, 2.24) is 9.62 Å². The van der Waals surface area contributed by atoms with Gasteiger partial charge in [-0.15, -0.1) is 11.3 Å². The Morgan fingerprint density at radius 3 is 2.52 bits per heavy atom. The minimum atomic E-state index is -3.38. The molecule has 0 aromatic carbocycles. The molecule has 0 radical (unpaired) electrons. The van der Waals surface area contributed by atoms with Crippen LogP contribution in [0.3, 0.4) is 0 Å². The Morgan fingerprint density at radius 1 is 1.33 bits per heavy atom. The van der Waals surface area contributed by atoms with Crippen LogP contribution in [0.5, 0.6) is 0 Å². The van der Waals surface area contributed by atoms with Gasteiger partial charge in [-0.25, -0.2) is 8.42 Å². The van der Waals surface area contributed by atoms with Gasteiger partial charge in [-0.1, -0.05) is 13.3 Å². The lowest BCUT2D eigenvalue weighted by atomic mass is 10.0. The van der Waals surface area contributed by atoms with E-state index in [0.29, 0.717) is 4.90 Å². The van der Waals surface area contributed by atoms with E-state index in [-0.39, 0.29) is 12.1 Å². The van der Waals surface area contributed by atoms with Crippen LogP contribution < -0.4 is 5.32 Å². The maximum Gasteiger partial charge on any atom is 0.244 e. The fourth-order valence-corrected chi connectivity index (χ4v) is 6.56. The zero-order chi connectivity index (χ0) is 15.6. The highest BCUT2D eigenvalue weighted by Crippen LogP contribution is 2.33. The molecule has 120 valence electrons. The van der Waals surface area contributed by atoms with Crippen LogP contribution in [0.15, 0.2) is 11.0 Å². The van der Waals surface area contributed by atoms with Gasteiger partial charge >= 0.3 is 0 Å². The fourth-order valence-electron chi connectivity index (χ4n) is 3.10. The maximum absolute atomic E-state index is 13.0. The van der Waals surface area contributed by atoms with Crippen molar-refractivity contribution in [1.29, 1.82) is 0 Å². The van der Waals surface area contributed by atoms with Crippen LogP contribution in [0.1, 0.15) is 49.8 Å². The van der Waals surface area contributed by atoms with E-state index >= 15 is 0 Å². The number of thiophene rings is 1. The highest BCUT2D eigenvalue weighted by molar-refractivity contribution is 7.89. The third-order valence-corrected chi connectivity index (χ3v) is 7.57. The van der Waals surface area contributed by atoms with Crippen molar-refractivity contribution < 1.29 is 8.42 Å². The highest BCUT2D eigenvalue weighted by Gasteiger charge is 2.37. The summed E-state index contributed by atoms with van der Waals surface area (Å²) in [7, 11) is -3.38. The summed E-state index contributed by atoms with van der Waals surface area (Å²) in [6.07, 6.45) is 3.02. The number of rotatable bonds is 5. The number of aryl methyl sites for hydroxylation is 1. The minimum absolute atomic E-state index is 0.0928. The molecule has 1 aromatic heterocycles. The van der Waals surface area contributed by atoms with Crippen molar-refractivity contribution in [2.75, 3.05) is 6.54 Å². The Kier molecular flexibility index (Phi) is 5.46. The molecule has 0 bridgehead atoms. The first kappa shape index (κ1) is 16.9. The average molecular weight is 331 g/mol. The topological polar surface area (TPSA) is 49.4 Å². The molecular weight excluding hydrogens is 304 g/mol. The van der Waals surface area contributed by atoms with Crippen molar-refractivity contribution in [3.63, 3.8) is 0 Å². The SMILES string of the molecule is CCNCc1cc(S(=O)(=O)N2C(C)CCCC2C)c(C)s1. The van der Waals surface area contributed by atoms with Crippen LogP contribution in [0.4, 0.5) is 0 Å². The van der Waals surface area contributed by atoms with Crippen LogP contribution in [-0.2, 0) is 16.6 Å². The van der Waals surface area contributed by atoms with E-state index in [1.54, 1.807) is 15.6 Å². The lowest BCUT2D eigenvalue weighted by Crippen LogP contribution is -2.47. The third kappa shape index (κ3) is 3.50. The third-order valence-electron chi connectivity index (χ3n) is 4.14. The Balaban J connectivity index is 2.32. The number of nitrogens with zero attached hydrogens (tertiary/aromatic N) is 1. The van der Waals surface area contributed by atoms with Gasteiger partial charge < -0.3 is 5.32 Å². The molecule has 2 heterocycles. The molecule has 2 atom stereocenters. The van der Waals surface area contributed by atoms with E-state index in [1.165, 1.54) is 0 Å². The monoisotopic (exact) mass is 330 g/mol. The van der Waals surface area contributed by atoms with E-state index in [4.69, 9.17) is 0 Å². The van der Waals surface area contributed by atoms with Gasteiger partial charge in [0.15, 0.2) is 0 Å². The summed E-state index contributed by atoms with van der Waals surface area (Å²) in [5.74, 6) is 0. The molecule has 1 saturated heterocycles. The Morgan fingerprint density at radius 2 is 1.95 bits per heavy atom. The molecule has 6 heteroatoms. The van der Waals surface area contributed by atoms with Crippen molar-refractivity contribution in [3.05, 3.63) is 15.8 Å². The molecule has 1 aromatic rings. The van der Waals surface area contributed by atoms with Crippen molar-refractivity contribution >= 4 is 21.4 Å². The molecule has 2 rings (SSSR count). The molecule has 2 unspecified atom stereocenters. The second-order valence-corrected chi connectivity index (χ2v) is 9.03. The maximum atomic E-state index is 13.0. The average Bonchev–Trinajstić information content (AvgIpc) is 2.78. The molecule has 0 saturated carbocycles. The molecule has 21 heavy (non-hydrogen) atoms. The quantitative estimate of drug-likeness (QED) is 0.902. The Hall–Kier alpha value is -0.430. The molecule has 1 N–H and O–H groups in total. The van der Waals surface area contributed by atoms with Crippen molar-refractivity contribution in [2.45, 2.75) is 70.5 Å². The van der Waals surface area contributed by atoms with Gasteiger partial charge in [0, 0.05) is 28.4 Å². The number of hydrogen-bond donors (Lipinski definition) is 1. The number of hydrogen-bond acceptors (Lipinski definition) is 4. The fraction of sp³-hybridized carbons (Fsp3) is 0.733. The first-order chi connectivity index (χ1) is 9.87. The summed E-state index contributed by atoms with van der Waals surface area (Å²) in [6.45, 7) is 9.63. The predicted octanol–water partition coefficient (Wildman–Crippen LogP) is 3.12. The van der Waals surface area contributed by atoms with Crippen molar-refractivity contribution in [3.8, 4) is 0 Å². The van der Waals surface area contributed by atoms with Crippen molar-refractivity contribution in [2.24, 2.45) is 0 Å². The first-order valence-corrected chi connectivity index (χ1v) is 9.97.